The van der Waals surface area contributed by atoms with E-state index >= 15 is 0 Å². The molecule has 0 N–H and O–H groups in total. The van der Waals surface area contributed by atoms with Gasteiger partial charge in [0.05, 0.1) is 297 Å². The van der Waals surface area contributed by atoms with Gasteiger partial charge in [-0.05, 0) is 12.5 Å². The molecule has 0 aromatic carbocycles. The summed E-state index contributed by atoms with van der Waals surface area (Å²) in [7, 11) is 0. The molecule has 74 heavy (non-hydrogen) atoms. The molecule has 442 valence electrons. The zero-order valence-corrected chi connectivity index (χ0v) is 45.0. The second kappa shape index (κ2) is 71.4. The number of hydrogen-bond donors (Lipinski definition) is 0. The molecular weight excluding hydrogens is 987 g/mol. The van der Waals surface area contributed by atoms with Gasteiger partial charge in [-0.3, -0.25) is 0 Å². The molecule has 0 unspecified atom stereocenters. The molecule has 0 heterocycles. The number of ether oxygens (including phenoxy) is 23. The Morgan fingerprint density at radius 3 is 0.405 bits per heavy atom. The van der Waals surface area contributed by atoms with Gasteiger partial charge in [-0.2, -0.15) is 0 Å². The van der Waals surface area contributed by atoms with Crippen LogP contribution < -0.4 is 0 Å². The smallest absolute Gasteiger partial charge is 0.0701 e. The first-order valence-electron chi connectivity index (χ1n) is 26.2. The molecule has 0 aliphatic rings. The van der Waals surface area contributed by atoms with E-state index in [0.717, 1.165) is 0 Å². The van der Waals surface area contributed by atoms with E-state index in [1.165, 1.54) is 0 Å². The fourth-order valence-electron chi connectivity index (χ4n) is 5.13. The lowest BCUT2D eigenvalue weighted by molar-refractivity contribution is -0.0318. The summed E-state index contributed by atoms with van der Waals surface area (Å²) in [6.07, 6.45) is 0. The molecule has 26 heteroatoms. The lowest BCUT2D eigenvalue weighted by Gasteiger charge is -2.09. The molecule has 0 radical (unpaired) electrons. The zero-order chi connectivity index (χ0) is 52.9. The zero-order valence-electron chi connectivity index (χ0n) is 45.0. The van der Waals surface area contributed by atoms with Crippen molar-refractivity contribution in [2.75, 3.05) is 310 Å². The van der Waals surface area contributed by atoms with Crippen LogP contribution in [-0.4, -0.2) is 310 Å². The quantitative estimate of drug-likeness (QED) is 0.0363. The van der Waals surface area contributed by atoms with Crippen molar-refractivity contribution in [3.05, 3.63) is 10.4 Å². The van der Waals surface area contributed by atoms with Gasteiger partial charge in [-0.25, -0.2) is 0 Å². The van der Waals surface area contributed by atoms with Gasteiger partial charge in [0.15, 0.2) is 0 Å². The monoisotopic (exact) mass is 1080 g/mol. The summed E-state index contributed by atoms with van der Waals surface area (Å²) in [5.74, 6) is 0. The maximum Gasteiger partial charge on any atom is 0.0701 e. The van der Waals surface area contributed by atoms with Gasteiger partial charge >= 0.3 is 0 Å². The molecule has 0 atom stereocenters. The van der Waals surface area contributed by atoms with Gasteiger partial charge < -0.3 is 109 Å². The third-order valence-corrected chi connectivity index (χ3v) is 8.79. The lowest BCUT2D eigenvalue weighted by atomic mass is 10.6. The van der Waals surface area contributed by atoms with Crippen molar-refractivity contribution in [2.45, 2.75) is 6.92 Å². The van der Waals surface area contributed by atoms with E-state index < -0.39 is 0 Å². The van der Waals surface area contributed by atoms with E-state index in [9.17, 15) is 0 Å². The van der Waals surface area contributed by atoms with Gasteiger partial charge in [0, 0.05) is 18.1 Å². The van der Waals surface area contributed by atoms with Crippen LogP contribution in [0, 0.1) is 0 Å². The Kier molecular flexibility index (Phi) is 69.8. The highest BCUT2D eigenvalue weighted by atomic mass is 16.6. The summed E-state index contributed by atoms with van der Waals surface area (Å²) < 4.78 is 126. The van der Waals surface area contributed by atoms with Crippen molar-refractivity contribution in [1.29, 1.82) is 0 Å². The van der Waals surface area contributed by atoms with Crippen LogP contribution in [0.2, 0.25) is 0 Å². The van der Waals surface area contributed by atoms with Crippen molar-refractivity contribution < 1.29 is 109 Å². The summed E-state index contributed by atoms with van der Waals surface area (Å²) >= 11 is 0. The molecule has 0 rings (SSSR count). The first-order valence-corrected chi connectivity index (χ1v) is 26.2. The molecule has 0 aliphatic carbocycles. The predicted molar refractivity (Wildman–Crippen MR) is 269 cm³/mol. The van der Waals surface area contributed by atoms with Crippen LogP contribution >= 0.6 is 0 Å². The number of rotatable bonds is 70. The van der Waals surface area contributed by atoms with Gasteiger partial charge in [0.1, 0.15) is 0 Å². The lowest BCUT2D eigenvalue weighted by Crippen LogP contribution is -2.16. The van der Waals surface area contributed by atoms with E-state index in [-0.39, 0.29) is 0 Å². The van der Waals surface area contributed by atoms with Crippen LogP contribution in [0.1, 0.15) is 6.92 Å². The highest BCUT2D eigenvalue weighted by molar-refractivity contribution is 4.45. The largest absolute Gasteiger partial charge is 0.379 e. The summed E-state index contributed by atoms with van der Waals surface area (Å²) in [6.45, 7) is 25.2. The molecule has 0 aliphatic heterocycles. The Bertz CT molecular complexity index is 1050. The minimum Gasteiger partial charge on any atom is -0.379 e. The maximum atomic E-state index is 8.17. The molecule has 26 nitrogen and oxygen atoms in total. The molecule has 0 amide bonds. The Balaban J connectivity index is 3.08. The van der Waals surface area contributed by atoms with Crippen LogP contribution in [0.25, 0.3) is 10.4 Å². The van der Waals surface area contributed by atoms with E-state index in [1.54, 1.807) is 0 Å². The Morgan fingerprint density at radius 2 is 0.297 bits per heavy atom. The molecule has 0 fully saturated rings. The predicted octanol–water partition coefficient (Wildman–Crippen LogP) is 1.70. The summed E-state index contributed by atoms with van der Waals surface area (Å²) in [6, 6.07) is 0. The molecule has 0 saturated carbocycles. The van der Waals surface area contributed by atoms with Crippen molar-refractivity contribution >= 4 is 0 Å². The minimum absolute atomic E-state index is 0.321. The van der Waals surface area contributed by atoms with Crippen molar-refractivity contribution in [3.63, 3.8) is 0 Å². The topological polar surface area (TPSA) is 261 Å². The normalized spacial score (nSPS) is 11.6. The average Bonchev–Trinajstić information content (AvgIpc) is 3.41. The van der Waals surface area contributed by atoms with Gasteiger partial charge in [0.2, 0.25) is 0 Å². The molecular formula is C48H97N3O23. The van der Waals surface area contributed by atoms with E-state index in [2.05, 4.69) is 10.0 Å². The molecule has 0 aromatic rings. The third-order valence-electron chi connectivity index (χ3n) is 8.79. The van der Waals surface area contributed by atoms with Gasteiger partial charge in [-0.15, -0.1) is 0 Å². The first kappa shape index (κ1) is 72.4. The third kappa shape index (κ3) is 70.4. The van der Waals surface area contributed by atoms with E-state index in [1.807, 2.05) is 6.92 Å². The molecule has 0 spiro atoms. The van der Waals surface area contributed by atoms with E-state index in [4.69, 9.17) is 114 Å². The first-order chi connectivity index (χ1) is 36.9. The fourth-order valence-corrected chi connectivity index (χ4v) is 5.13. The molecule has 0 saturated heterocycles. The molecule has 0 aromatic heterocycles. The van der Waals surface area contributed by atoms with Gasteiger partial charge in [-0.1, -0.05) is 5.11 Å². The number of nitrogens with zero attached hydrogens (tertiary/aromatic N) is 3. The van der Waals surface area contributed by atoms with E-state index in [0.29, 0.717) is 310 Å². The van der Waals surface area contributed by atoms with Crippen LogP contribution in [0.4, 0.5) is 0 Å². The van der Waals surface area contributed by atoms with Crippen molar-refractivity contribution in [1.82, 2.24) is 0 Å². The average molecular weight is 1080 g/mol. The molecule has 0 bridgehead atoms. The summed E-state index contributed by atoms with van der Waals surface area (Å²) in [5, 5.41) is 3.38. The highest BCUT2D eigenvalue weighted by Crippen LogP contribution is 1.91. The Labute approximate surface area is 441 Å². The van der Waals surface area contributed by atoms with Crippen LogP contribution in [-0.2, 0) is 109 Å². The van der Waals surface area contributed by atoms with Crippen LogP contribution in [0.15, 0.2) is 5.11 Å². The fraction of sp³-hybridized carbons (Fsp3) is 1.00. The second-order valence-electron chi connectivity index (χ2n) is 14.6. The standard InChI is InChI=1S/C48H97N3O23/c1-2-52-5-6-54-9-10-56-13-14-58-17-18-60-21-22-62-25-26-64-29-30-66-33-34-68-37-38-70-41-42-72-45-46-74-48-47-73-44-43-71-40-39-69-36-35-67-32-31-65-28-27-63-24-23-61-20-19-59-16-15-57-12-11-55-8-7-53-4-3-50-51-49/h2-48H2,1H3. The van der Waals surface area contributed by atoms with Crippen LogP contribution in [0.3, 0.4) is 0 Å². The Morgan fingerprint density at radius 1 is 0.189 bits per heavy atom. The highest BCUT2D eigenvalue weighted by Gasteiger charge is 2.00. The number of azide groups is 1. The summed E-state index contributed by atoms with van der Waals surface area (Å²) in [4.78, 5) is 2.65. The maximum absolute atomic E-state index is 8.17. The van der Waals surface area contributed by atoms with Gasteiger partial charge in [0.25, 0.3) is 0 Å². The van der Waals surface area contributed by atoms with Crippen LogP contribution in [0.5, 0.6) is 0 Å². The summed E-state index contributed by atoms with van der Waals surface area (Å²) in [5.41, 5.74) is 8.17. The Hall–Kier alpha value is -1.61. The SMILES string of the molecule is CCOCCOCCOCCOCCOCCOCCOCCOCCOCCOCCOCCOCCOCCOCCOCCOCCOCCOCCOCCOCCOCCOCCOCCN=[N+]=[N-]. The second-order valence-corrected chi connectivity index (χ2v) is 14.6. The number of hydrogen-bond acceptors (Lipinski definition) is 24. The minimum atomic E-state index is 0.321. The van der Waals surface area contributed by atoms with Crippen molar-refractivity contribution in [3.8, 4) is 0 Å². The van der Waals surface area contributed by atoms with Crippen molar-refractivity contribution in [2.24, 2.45) is 5.11 Å².